The molecule has 0 unspecified atom stereocenters. The van der Waals surface area contributed by atoms with Crippen molar-refractivity contribution in [2.45, 2.75) is 24.5 Å². The van der Waals surface area contributed by atoms with Gasteiger partial charge in [-0.2, -0.15) is 0 Å². The molecule has 2 heteroatoms. The largest absolute Gasteiger partial charge is 0.393 e. The van der Waals surface area contributed by atoms with Gasteiger partial charge in [0, 0.05) is 0 Å². The molecule has 0 amide bonds. The molecule has 2 atom stereocenters. The van der Waals surface area contributed by atoms with E-state index in [0.29, 0.717) is 0 Å². The Morgan fingerprint density at radius 3 is 2.76 bits per heavy atom. The Labute approximate surface area is 99.8 Å². The average Bonchev–Trinajstić information content (AvgIpc) is 2.94. The molecule has 2 bridgehead atoms. The molecule has 17 heavy (non-hydrogen) atoms. The Kier molecular flexibility index (Phi) is 1.75. The van der Waals surface area contributed by atoms with Crippen LogP contribution in [0.3, 0.4) is 0 Å². The number of aliphatic hydroxyl groups is 1. The molecule has 0 radical (unpaired) electrons. The van der Waals surface area contributed by atoms with Crippen LogP contribution in [0.1, 0.15) is 30.1 Å². The zero-order valence-corrected chi connectivity index (χ0v) is 9.52. The fourth-order valence-corrected chi connectivity index (χ4v) is 3.29. The van der Waals surface area contributed by atoms with E-state index < -0.39 is 5.60 Å². The summed E-state index contributed by atoms with van der Waals surface area (Å²) in [5.74, 6) is 0. The van der Waals surface area contributed by atoms with Crippen molar-refractivity contribution in [2.75, 3.05) is 6.61 Å². The van der Waals surface area contributed by atoms with Crippen molar-refractivity contribution in [1.29, 1.82) is 0 Å². The summed E-state index contributed by atoms with van der Waals surface area (Å²) >= 11 is 0. The van der Waals surface area contributed by atoms with Gasteiger partial charge in [0.05, 0.1) is 12.7 Å². The molecule has 0 spiro atoms. The third kappa shape index (κ3) is 1.12. The van der Waals surface area contributed by atoms with Crippen LogP contribution in [-0.4, -0.2) is 11.7 Å². The Morgan fingerprint density at radius 2 is 2.00 bits per heavy atom. The maximum atomic E-state index is 9.64. The first-order chi connectivity index (χ1) is 8.32. The van der Waals surface area contributed by atoms with Gasteiger partial charge in [-0.05, 0) is 46.9 Å². The molecule has 2 aromatic carbocycles. The fourth-order valence-electron chi connectivity index (χ4n) is 3.29. The van der Waals surface area contributed by atoms with Crippen LogP contribution in [0, 0.1) is 0 Å². The quantitative estimate of drug-likeness (QED) is 0.810. The lowest BCUT2D eigenvalue weighted by Gasteiger charge is -2.24. The molecule has 0 saturated carbocycles. The molecular formula is C15H14O2. The third-order valence-electron chi connectivity index (χ3n) is 4.19. The van der Waals surface area contributed by atoms with Gasteiger partial charge < -0.3 is 9.84 Å². The normalized spacial score (nSPS) is 29.8. The zero-order valence-electron chi connectivity index (χ0n) is 9.52. The SMILES string of the molecule is OC[C@]12CC[C@H](O1)c1cc3ccccc3cc12. The second kappa shape index (κ2) is 3.09. The lowest BCUT2D eigenvalue weighted by atomic mass is 9.81. The highest BCUT2D eigenvalue weighted by atomic mass is 16.5. The number of ether oxygens (including phenoxy) is 1. The summed E-state index contributed by atoms with van der Waals surface area (Å²) in [5, 5.41) is 12.1. The first kappa shape index (κ1) is 9.63. The van der Waals surface area contributed by atoms with E-state index in [4.69, 9.17) is 4.74 Å². The highest BCUT2D eigenvalue weighted by Crippen LogP contribution is 2.55. The first-order valence-corrected chi connectivity index (χ1v) is 6.14. The smallest absolute Gasteiger partial charge is 0.117 e. The number of benzene rings is 2. The van der Waals surface area contributed by atoms with Crippen molar-refractivity contribution < 1.29 is 9.84 Å². The predicted molar refractivity (Wildman–Crippen MR) is 65.8 cm³/mol. The van der Waals surface area contributed by atoms with Gasteiger partial charge >= 0.3 is 0 Å². The highest BCUT2D eigenvalue weighted by Gasteiger charge is 2.50. The zero-order chi connectivity index (χ0) is 11.5. The average molecular weight is 226 g/mol. The van der Waals surface area contributed by atoms with E-state index >= 15 is 0 Å². The van der Waals surface area contributed by atoms with Gasteiger partial charge in [0.2, 0.25) is 0 Å². The lowest BCUT2D eigenvalue weighted by molar-refractivity contribution is -0.0573. The molecule has 4 rings (SSSR count). The van der Waals surface area contributed by atoms with Crippen LogP contribution in [0.15, 0.2) is 36.4 Å². The van der Waals surface area contributed by atoms with Gasteiger partial charge in [0.1, 0.15) is 5.60 Å². The van der Waals surface area contributed by atoms with Crippen molar-refractivity contribution >= 4 is 10.8 Å². The third-order valence-corrected chi connectivity index (χ3v) is 4.19. The van der Waals surface area contributed by atoms with E-state index in [9.17, 15) is 5.11 Å². The van der Waals surface area contributed by atoms with E-state index in [0.717, 1.165) is 12.8 Å². The molecule has 2 nitrogen and oxygen atoms in total. The van der Waals surface area contributed by atoms with Crippen LogP contribution in [0.25, 0.3) is 10.8 Å². The molecule has 86 valence electrons. The molecule has 2 aliphatic heterocycles. The second-order valence-corrected chi connectivity index (χ2v) is 5.08. The fraction of sp³-hybridized carbons (Fsp3) is 0.333. The standard InChI is InChI=1S/C15H14O2/c16-9-15-6-5-14(17-15)12-7-10-3-1-2-4-11(10)8-13(12)15/h1-4,7-8,14,16H,5-6,9H2/t14-,15-/m0/s1. The maximum absolute atomic E-state index is 9.64. The van der Waals surface area contributed by atoms with E-state index in [1.807, 2.05) is 0 Å². The van der Waals surface area contributed by atoms with Crippen LogP contribution in [-0.2, 0) is 10.3 Å². The Morgan fingerprint density at radius 1 is 1.24 bits per heavy atom. The Balaban J connectivity index is 2.04. The first-order valence-electron chi connectivity index (χ1n) is 6.14. The van der Waals surface area contributed by atoms with E-state index in [1.165, 1.54) is 21.9 Å². The molecular weight excluding hydrogens is 212 g/mol. The van der Waals surface area contributed by atoms with Gasteiger partial charge in [0.25, 0.3) is 0 Å². The van der Waals surface area contributed by atoms with Crippen LogP contribution in [0.5, 0.6) is 0 Å². The van der Waals surface area contributed by atoms with Crippen LogP contribution < -0.4 is 0 Å². The van der Waals surface area contributed by atoms with Crippen molar-refractivity contribution in [2.24, 2.45) is 0 Å². The maximum Gasteiger partial charge on any atom is 0.117 e. The second-order valence-electron chi connectivity index (χ2n) is 5.08. The van der Waals surface area contributed by atoms with Crippen molar-refractivity contribution in [1.82, 2.24) is 0 Å². The summed E-state index contributed by atoms with van der Waals surface area (Å²) in [4.78, 5) is 0. The van der Waals surface area contributed by atoms with Gasteiger partial charge in [-0.25, -0.2) is 0 Å². The van der Waals surface area contributed by atoms with Crippen molar-refractivity contribution in [3.63, 3.8) is 0 Å². The number of aliphatic hydroxyl groups excluding tert-OH is 1. The summed E-state index contributed by atoms with van der Waals surface area (Å²) in [5.41, 5.74) is 2.07. The summed E-state index contributed by atoms with van der Waals surface area (Å²) in [6.07, 6.45) is 2.17. The molecule has 0 aromatic heterocycles. The van der Waals surface area contributed by atoms with Crippen molar-refractivity contribution in [3.8, 4) is 0 Å². The summed E-state index contributed by atoms with van der Waals surface area (Å²) in [6.45, 7) is 0.0921. The lowest BCUT2D eigenvalue weighted by Crippen LogP contribution is -2.27. The minimum absolute atomic E-state index is 0.0921. The summed E-state index contributed by atoms with van der Waals surface area (Å²) < 4.78 is 6.00. The minimum atomic E-state index is -0.413. The Hall–Kier alpha value is -1.38. The summed E-state index contributed by atoms with van der Waals surface area (Å²) in [6, 6.07) is 12.8. The van der Waals surface area contributed by atoms with Crippen molar-refractivity contribution in [3.05, 3.63) is 47.5 Å². The van der Waals surface area contributed by atoms with Gasteiger partial charge in [0.15, 0.2) is 0 Å². The number of hydrogen-bond acceptors (Lipinski definition) is 2. The van der Waals surface area contributed by atoms with E-state index in [2.05, 4.69) is 36.4 Å². The highest BCUT2D eigenvalue weighted by molar-refractivity contribution is 5.85. The van der Waals surface area contributed by atoms with Gasteiger partial charge in [-0.1, -0.05) is 24.3 Å². The predicted octanol–water partition coefficient (Wildman–Crippen LogP) is 2.89. The van der Waals surface area contributed by atoms with Crippen LogP contribution >= 0.6 is 0 Å². The molecule has 1 saturated heterocycles. The Bertz CT molecular complexity index is 605. The monoisotopic (exact) mass is 226 g/mol. The minimum Gasteiger partial charge on any atom is -0.393 e. The van der Waals surface area contributed by atoms with E-state index in [-0.39, 0.29) is 12.7 Å². The van der Waals surface area contributed by atoms with Gasteiger partial charge in [-0.15, -0.1) is 0 Å². The molecule has 0 aliphatic carbocycles. The molecule has 2 aromatic rings. The van der Waals surface area contributed by atoms with Crippen LogP contribution in [0.4, 0.5) is 0 Å². The topological polar surface area (TPSA) is 29.5 Å². The number of hydrogen-bond donors (Lipinski definition) is 1. The number of fused-ring (bicyclic) bond motifs is 6. The molecule has 2 heterocycles. The van der Waals surface area contributed by atoms with Crippen LogP contribution in [0.2, 0.25) is 0 Å². The van der Waals surface area contributed by atoms with Gasteiger partial charge in [-0.3, -0.25) is 0 Å². The molecule has 1 fully saturated rings. The summed E-state index contributed by atoms with van der Waals surface area (Å²) in [7, 11) is 0. The van der Waals surface area contributed by atoms with E-state index in [1.54, 1.807) is 0 Å². The molecule has 2 aliphatic rings. The number of rotatable bonds is 1. The molecule has 1 N–H and O–H groups in total.